The van der Waals surface area contributed by atoms with Crippen molar-refractivity contribution in [3.63, 3.8) is 0 Å². The van der Waals surface area contributed by atoms with E-state index in [4.69, 9.17) is 9.47 Å². The zero-order valence-corrected chi connectivity index (χ0v) is 11.0. The van der Waals surface area contributed by atoms with Crippen LogP contribution < -0.4 is 9.47 Å². The Balaban J connectivity index is 1.89. The summed E-state index contributed by atoms with van der Waals surface area (Å²) in [5, 5.41) is 10.0. The number of alkyl halides is 3. The van der Waals surface area contributed by atoms with Crippen molar-refractivity contribution in [2.24, 2.45) is 0 Å². The molecule has 0 radical (unpaired) electrons. The van der Waals surface area contributed by atoms with Crippen LogP contribution in [0.3, 0.4) is 0 Å². The van der Waals surface area contributed by atoms with E-state index >= 15 is 0 Å². The van der Waals surface area contributed by atoms with E-state index in [1.165, 1.54) is 4.90 Å². The minimum absolute atomic E-state index is 0.121. The second kappa shape index (κ2) is 5.88. The van der Waals surface area contributed by atoms with E-state index < -0.39 is 18.7 Å². The van der Waals surface area contributed by atoms with Gasteiger partial charge < -0.3 is 19.5 Å². The summed E-state index contributed by atoms with van der Waals surface area (Å²) in [6, 6.07) is 5.00. The van der Waals surface area contributed by atoms with Crippen molar-refractivity contribution in [2.45, 2.75) is 18.7 Å². The van der Waals surface area contributed by atoms with Crippen molar-refractivity contribution in [2.75, 3.05) is 26.9 Å². The van der Waals surface area contributed by atoms with Crippen LogP contribution >= 0.6 is 0 Å². The summed E-state index contributed by atoms with van der Waals surface area (Å²) in [6.07, 6.45) is -5.95. The van der Waals surface area contributed by atoms with Gasteiger partial charge in [0.2, 0.25) is 6.79 Å². The van der Waals surface area contributed by atoms with E-state index in [0.717, 1.165) is 0 Å². The Kier molecular flexibility index (Phi) is 4.39. The van der Waals surface area contributed by atoms with Crippen molar-refractivity contribution in [1.29, 1.82) is 0 Å². The molecular weight excluding hydrogens is 275 g/mol. The molecule has 7 heteroatoms. The molecular formula is C13H16F3NO3. The van der Waals surface area contributed by atoms with Gasteiger partial charge in [0.15, 0.2) is 11.5 Å². The molecule has 0 aliphatic carbocycles. The lowest BCUT2D eigenvalue weighted by molar-refractivity contribution is -0.137. The first kappa shape index (κ1) is 14.9. The van der Waals surface area contributed by atoms with E-state index in [0.29, 0.717) is 17.1 Å². The predicted octanol–water partition coefficient (Wildman–Crippen LogP) is 2.33. The topological polar surface area (TPSA) is 41.9 Å². The molecule has 0 fully saturated rings. The van der Waals surface area contributed by atoms with Crippen molar-refractivity contribution in [1.82, 2.24) is 4.90 Å². The van der Waals surface area contributed by atoms with E-state index in [1.54, 1.807) is 25.2 Å². The standard InChI is InChI=1S/C13H16F3NO3/c1-17(5-4-13(14,15)16)7-10(18)9-2-3-11-12(6-9)20-8-19-11/h2-3,6,10,18H,4-5,7-8H2,1H3. The molecule has 0 bridgehead atoms. The number of aliphatic hydroxyl groups excluding tert-OH is 1. The lowest BCUT2D eigenvalue weighted by Crippen LogP contribution is -2.28. The summed E-state index contributed by atoms with van der Waals surface area (Å²) in [5.41, 5.74) is 0.591. The van der Waals surface area contributed by atoms with E-state index in [1.807, 2.05) is 0 Å². The average molecular weight is 291 g/mol. The fourth-order valence-corrected chi connectivity index (χ4v) is 1.93. The first-order chi connectivity index (χ1) is 9.35. The molecule has 2 rings (SSSR count). The van der Waals surface area contributed by atoms with Crippen LogP contribution in [-0.2, 0) is 0 Å². The molecule has 4 nitrogen and oxygen atoms in total. The molecule has 0 amide bonds. The first-order valence-corrected chi connectivity index (χ1v) is 6.18. The van der Waals surface area contributed by atoms with Gasteiger partial charge >= 0.3 is 6.18 Å². The number of halogens is 3. The summed E-state index contributed by atoms with van der Waals surface area (Å²) >= 11 is 0. The maximum atomic E-state index is 12.1. The van der Waals surface area contributed by atoms with Crippen LogP contribution in [0.15, 0.2) is 18.2 Å². The molecule has 0 aromatic heterocycles. The van der Waals surface area contributed by atoms with E-state index in [-0.39, 0.29) is 19.9 Å². The van der Waals surface area contributed by atoms with Crippen LogP contribution in [0.5, 0.6) is 11.5 Å². The summed E-state index contributed by atoms with van der Waals surface area (Å²) in [7, 11) is 1.54. The number of hydrogen-bond acceptors (Lipinski definition) is 4. The Morgan fingerprint density at radius 2 is 2.00 bits per heavy atom. The number of aliphatic hydroxyl groups is 1. The Morgan fingerprint density at radius 3 is 2.70 bits per heavy atom. The lowest BCUT2D eigenvalue weighted by atomic mass is 10.1. The van der Waals surface area contributed by atoms with Gasteiger partial charge in [0.1, 0.15) is 0 Å². The maximum absolute atomic E-state index is 12.1. The minimum atomic E-state index is -4.18. The Hall–Kier alpha value is -1.47. The molecule has 1 aliphatic heterocycles. The fraction of sp³-hybridized carbons (Fsp3) is 0.538. The fourth-order valence-electron chi connectivity index (χ4n) is 1.93. The first-order valence-electron chi connectivity index (χ1n) is 6.18. The smallest absolute Gasteiger partial charge is 0.390 e. The zero-order chi connectivity index (χ0) is 14.8. The minimum Gasteiger partial charge on any atom is -0.454 e. The number of fused-ring (bicyclic) bond motifs is 1. The largest absolute Gasteiger partial charge is 0.454 e. The number of benzene rings is 1. The predicted molar refractivity (Wildman–Crippen MR) is 65.7 cm³/mol. The summed E-state index contributed by atoms with van der Waals surface area (Å²) in [5.74, 6) is 1.14. The molecule has 1 unspecified atom stereocenters. The quantitative estimate of drug-likeness (QED) is 0.904. The Bertz CT molecular complexity index is 465. The van der Waals surface area contributed by atoms with Crippen LogP contribution in [0.4, 0.5) is 13.2 Å². The third-order valence-electron chi connectivity index (χ3n) is 3.04. The van der Waals surface area contributed by atoms with E-state index in [9.17, 15) is 18.3 Å². The number of ether oxygens (including phenoxy) is 2. The van der Waals surface area contributed by atoms with Crippen LogP contribution in [0.25, 0.3) is 0 Å². The van der Waals surface area contributed by atoms with Gasteiger partial charge in [-0.25, -0.2) is 0 Å². The summed E-state index contributed by atoms with van der Waals surface area (Å²) in [6.45, 7) is 0.112. The highest BCUT2D eigenvalue weighted by molar-refractivity contribution is 5.45. The normalized spacial score (nSPS) is 15.7. The van der Waals surface area contributed by atoms with Crippen molar-refractivity contribution in [3.8, 4) is 11.5 Å². The average Bonchev–Trinajstić information content (AvgIpc) is 2.82. The highest BCUT2D eigenvalue weighted by Gasteiger charge is 2.27. The van der Waals surface area contributed by atoms with Crippen molar-refractivity contribution < 1.29 is 27.8 Å². The van der Waals surface area contributed by atoms with E-state index in [2.05, 4.69) is 0 Å². The van der Waals surface area contributed by atoms with Crippen LogP contribution in [0.2, 0.25) is 0 Å². The molecule has 0 saturated heterocycles. The lowest BCUT2D eigenvalue weighted by Gasteiger charge is -2.21. The van der Waals surface area contributed by atoms with Gasteiger partial charge in [-0.15, -0.1) is 0 Å². The zero-order valence-electron chi connectivity index (χ0n) is 11.0. The van der Waals surface area contributed by atoms with Crippen molar-refractivity contribution in [3.05, 3.63) is 23.8 Å². The monoisotopic (exact) mass is 291 g/mol. The molecule has 0 saturated carbocycles. The summed E-state index contributed by atoms with van der Waals surface area (Å²) < 4.78 is 46.7. The summed E-state index contributed by atoms with van der Waals surface area (Å²) in [4.78, 5) is 1.45. The molecule has 1 aromatic rings. The molecule has 1 aliphatic rings. The number of likely N-dealkylation sites (N-methyl/N-ethyl adjacent to an activating group) is 1. The number of nitrogens with zero attached hydrogens (tertiary/aromatic N) is 1. The SMILES string of the molecule is CN(CCC(F)(F)F)CC(O)c1ccc2c(c1)OCO2. The molecule has 20 heavy (non-hydrogen) atoms. The van der Waals surface area contributed by atoms with Crippen LogP contribution in [0, 0.1) is 0 Å². The Morgan fingerprint density at radius 1 is 1.30 bits per heavy atom. The van der Waals surface area contributed by atoms with Gasteiger partial charge in [-0.3, -0.25) is 0 Å². The second-order valence-electron chi connectivity index (χ2n) is 4.76. The number of hydrogen-bond donors (Lipinski definition) is 1. The van der Waals surface area contributed by atoms with Gasteiger partial charge in [-0.05, 0) is 24.7 Å². The second-order valence-corrected chi connectivity index (χ2v) is 4.76. The molecule has 1 atom stereocenters. The molecule has 0 spiro atoms. The maximum Gasteiger partial charge on any atom is 0.390 e. The van der Waals surface area contributed by atoms with Gasteiger partial charge in [-0.1, -0.05) is 6.07 Å². The highest BCUT2D eigenvalue weighted by Crippen LogP contribution is 2.34. The van der Waals surface area contributed by atoms with Crippen molar-refractivity contribution >= 4 is 0 Å². The van der Waals surface area contributed by atoms with Gasteiger partial charge in [0.25, 0.3) is 0 Å². The molecule has 112 valence electrons. The van der Waals surface area contributed by atoms with Crippen LogP contribution in [0.1, 0.15) is 18.1 Å². The third kappa shape index (κ3) is 4.01. The highest BCUT2D eigenvalue weighted by atomic mass is 19.4. The molecule has 1 aromatic carbocycles. The molecule has 1 heterocycles. The van der Waals surface area contributed by atoms with Crippen LogP contribution in [-0.4, -0.2) is 43.1 Å². The Labute approximate surface area is 114 Å². The van der Waals surface area contributed by atoms with Gasteiger partial charge in [-0.2, -0.15) is 13.2 Å². The number of rotatable bonds is 5. The van der Waals surface area contributed by atoms with Gasteiger partial charge in [0, 0.05) is 13.1 Å². The third-order valence-corrected chi connectivity index (χ3v) is 3.04. The van der Waals surface area contributed by atoms with Gasteiger partial charge in [0.05, 0.1) is 12.5 Å². The molecule has 1 N–H and O–H groups in total.